The van der Waals surface area contributed by atoms with E-state index in [2.05, 4.69) is 25.9 Å². The maximum absolute atomic E-state index is 13.2. The summed E-state index contributed by atoms with van der Waals surface area (Å²) in [5, 5.41) is 0. The number of ether oxygens (including phenoxy) is 1. The summed E-state index contributed by atoms with van der Waals surface area (Å²) in [6.45, 7) is 1.86. The zero-order valence-corrected chi connectivity index (χ0v) is 12.2. The van der Waals surface area contributed by atoms with E-state index in [0.29, 0.717) is 17.0 Å². The molecule has 0 saturated heterocycles. The van der Waals surface area contributed by atoms with Gasteiger partial charge in [0.1, 0.15) is 17.1 Å². The van der Waals surface area contributed by atoms with Gasteiger partial charge in [0, 0.05) is 16.7 Å². The average molecular weight is 333 g/mol. The molecule has 0 atom stereocenters. The molecule has 0 spiro atoms. The Kier molecular flexibility index (Phi) is 3.36. The number of nitrogens with zero attached hydrogens (tertiary/aromatic N) is 2. The molecule has 1 heterocycles. The van der Waals surface area contributed by atoms with Crippen molar-refractivity contribution in [2.75, 3.05) is 0 Å². The van der Waals surface area contributed by atoms with Crippen LogP contribution in [0.1, 0.15) is 5.69 Å². The maximum atomic E-state index is 13.2. The average Bonchev–Trinajstić information content (AvgIpc) is 2.39. The Bertz CT molecular complexity index is 792. The van der Waals surface area contributed by atoms with Crippen molar-refractivity contribution < 1.29 is 9.13 Å². The lowest BCUT2D eigenvalue weighted by atomic mass is 10.2. The Morgan fingerprint density at radius 1 is 1.20 bits per heavy atom. The normalized spacial score (nSPS) is 10.8. The summed E-state index contributed by atoms with van der Waals surface area (Å²) >= 11 is 3.41. The first kappa shape index (κ1) is 13.0. The highest BCUT2D eigenvalue weighted by molar-refractivity contribution is 9.10. The van der Waals surface area contributed by atoms with Gasteiger partial charge in [-0.05, 0) is 31.2 Å². The summed E-state index contributed by atoms with van der Waals surface area (Å²) in [6.07, 6.45) is 1.70. The van der Waals surface area contributed by atoms with Crippen LogP contribution in [-0.2, 0) is 0 Å². The molecule has 20 heavy (non-hydrogen) atoms. The van der Waals surface area contributed by atoms with Gasteiger partial charge in [-0.25, -0.2) is 9.37 Å². The summed E-state index contributed by atoms with van der Waals surface area (Å²) in [5.74, 6) is 0.618. The van der Waals surface area contributed by atoms with Gasteiger partial charge >= 0.3 is 0 Å². The molecule has 0 saturated carbocycles. The summed E-state index contributed by atoms with van der Waals surface area (Å²) < 4.78 is 19.8. The molecule has 5 heteroatoms. The first-order chi connectivity index (χ1) is 9.61. The molecule has 3 rings (SSSR count). The van der Waals surface area contributed by atoms with Crippen molar-refractivity contribution in [2.24, 2.45) is 0 Å². The van der Waals surface area contributed by atoms with E-state index >= 15 is 0 Å². The van der Waals surface area contributed by atoms with Crippen molar-refractivity contribution >= 4 is 27.0 Å². The van der Waals surface area contributed by atoms with E-state index in [9.17, 15) is 4.39 Å². The largest absolute Gasteiger partial charge is 0.455 e. The summed E-state index contributed by atoms with van der Waals surface area (Å²) in [6, 6.07) is 9.65. The van der Waals surface area contributed by atoms with Crippen molar-refractivity contribution in [2.45, 2.75) is 6.92 Å². The Morgan fingerprint density at radius 2 is 2.05 bits per heavy atom. The molecular formula is C15H10BrFN2O. The third-order valence-corrected chi connectivity index (χ3v) is 3.18. The Morgan fingerprint density at radius 3 is 2.85 bits per heavy atom. The first-order valence-corrected chi connectivity index (χ1v) is 6.77. The smallest absolute Gasteiger partial charge is 0.156 e. The van der Waals surface area contributed by atoms with Crippen LogP contribution in [0.2, 0.25) is 0 Å². The lowest BCUT2D eigenvalue weighted by Crippen LogP contribution is -1.92. The lowest BCUT2D eigenvalue weighted by molar-refractivity contribution is 0.480. The van der Waals surface area contributed by atoms with Gasteiger partial charge in [-0.15, -0.1) is 0 Å². The number of aryl methyl sites for hydroxylation is 1. The minimum absolute atomic E-state index is 0.343. The molecule has 0 unspecified atom stereocenters. The quantitative estimate of drug-likeness (QED) is 0.686. The van der Waals surface area contributed by atoms with Crippen molar-refractivity contribution in [1.82, 2.24) is 9.97 Å². The lowest BCUT2D eigenvalue weighted by Gasteiger charge is -2.09. The summed E-state index contributed by atoms with van der Waals surface area (Å²) in [7, 11) is 0. The Labute approximate surface area is 123 Å². The van der Waals surface area contributed by atoms with E-state index in [1.807, 2.05) is 13.0 Å². The maximum Gasteiger partial charge on any atom is 0.156 e. The molecule has 3 aromatic rings. The van der Waals surface area contributed by atoms with Crippen molar-refractivity contribution in [3.8, 4) is 11.5 Å². The van der Waals surface area contributed by atoms with Gasteiger partial charge in [0.2, 0.25) is 0 Å². The molecule has 0 bridgehead atoms. The van der Waals surface area contributed by atoms with Crippen LogP contribution in [0, 0.1) is 12.7 Å². The first-order valence-electron chi connectivity index (χ1n) is 5.98. The van der Waals surface area contributed by atoms with E-state index in [0.717, 1.165) is 15.7 Å². The molecule has 0 aliphatic heterocycles. The fraction of sp³-hybridized carbons (Fsp3) is 0.0667. The van der Waals surface area contributed by atoms with Gasteiger partial charge in [-0.1, -0.05) is 22.0 Å². The highest BCUT2D eigenvalue weighted by atomic mass is 79.9. The van der Waals surface area contributed by atoms with Gasteiger partial charge in [0.05, 0.1) is 11.2 Å². The summed E-state index contributed by atoms with van der Waals surface area (Å²) in [5.41, 5.74) is 2.16. The van der Waals surface area contributed by atoms with Gasteiger partial charge < -0.3 is 4.74 Å². The van der Waals surface area contributed by atoms with Crippen LogP contribution in [0.4, 0.5) is 4.39 Å². The molecule has 0 N–H and O–H groups in total. The standard InChI is InChI=1S/C15H10BrFN2O/c1-9-8-18-13-5-10(16)6-14(15(13)19-9)20-12-4-2-3-11(17)7-12/h2-8H,1H3. The molecule has 0 aliphatic carbocycles. The van der Waals surface area contributed by atoms with Crippen LogP contribution in [0.25, 0.3) is 11.0 Å². The van der Waals surface area contributed by atoms with E-state index in [-0.39, 0.29) is 5.82 Å². The second kappa shape index (κ2) is 5.17. The Balaban J connectivity index is 2.12. The molecule has 0 fully saturated rings. The van der Waals surface area contributed by atoms with Gasteiger partial charge in [0.15, 0.2) is 5.75 Å². The van der Waals surface area contributed by atoms with E-state index in [1.165, 1.54) is 12.1 Å². The molecular weight excluding hydrogens is 323 g/mol. The summed E-state index contributed by atoms with van der Waals surface area (Å²) in [4.78, 5) is 8.75. The van der Waals surface area contributed by atoms with Crippen molar-refractivity contribution in [3.05, 3.63) is 58.6 Å². The number of halogens is 2. The minimum atomic E-state index is -0.343. The van der Waals surface area contributed by atoms with Crippen molar-refractivity contribution in [1.29, 1.82) is 0 Å². The molecule has 0 radical (unpaired) electrons. The second-order valence-corrected chi connectivity index (χ2v) is 5.26. The fourth-order valence-electron chi connectivity index (χ4n) is 1.87. The van der Waals surface area contributed by atoms with E-state index in [4.69, 9.17) is 4.74 Å². The van der Waals surface area contributed by atoms with Crippen molar-refractivity contribution in [3.63, 3.8) is 0 Å². The molecule has 1 aromatic heterocycles. The van der Waals surface area contributed by atoms with Crippen LogP contribution in [0.3, 0.4) is 0 Å². The van der Waals surface area contributed by atoms with E-state index in [1.54, 1.807) is 24.4 Å². The van der Waals surface area contributed by atoms with Crippen LogP contribution in [-0.4, -0.2) is 9.97 Å². The van der Waals surface area contributed by atoms with Gasteiger partial charge in [-0.2, -0.15) is 0 Å². The second-order valence-electron chi connectivity index (χ2n) is 4.34. The SMILES string of the molecule is Cc1cnc2cc(Br)cc(Oc3cccc(F)c3)c2n1. The van der Waals surface area contributed by atoms with Crippen LogP contribution < -0.4 is 4.74 Å². The van der Waals surface area contributed by atoms with Crippen LogP contribution in [0.5, 0.6) is 11.5 Å². The van der Waals surface area contributed by atoms with Crippen LogP contribution >= 0.6 is 15.9 Å². The monoisotopic (exact) mass is 332 g/mol. The van der Waals surface area contributed by atoms with Crippen LogP contribution in [0.15, 0.2) is 47.1 Å². The van der Waals surface area contributed by atoms with E-state index < -0.39 is 0 Å². The number of benzene rings is 2. The molecule has 2 aromatic carbocycles. The molecule has 3 nitrogen and oxygen atoms in total. The highest BCUT2D eigenvalue weighted by Gasteiger charge is 2.09. The predicted molar refractivity (Wildman–Crippen MR) is 78.4 cm³/mol. The number of hydrogen-bond acceptors (Lipinski definition) is 3. The van der Waals surface area contributed by atoms with Gasteiger partial charge in [-0.3, -0.25) is 4.98 Å². The molecule has 0 aliphatic rings. The van der Waals surface area contributed by atoms with Gasteiger partial charge in [0.25, 0.3) is 0 Å². The molecule has 0 amide bonds. The fourth-order valence-corrected chi connectivity index (χ4v) is 2.30. The third kappa shape index (κ3) is 2.63. The minimum Gasteiger partial charge on any atom is -0.455 e. The number of aromatic nitrogens is 2. The molecule has 100 valence electrons. The number of fused-ring (bicyclic) bond motifs is 1. The Hall–Kier alpha value is -2.01. The number of hydrogen-bond donors (Lipinski definition) is 0. The number of rotatable bonds is 2. The highest BCUT2D eigenvalue weighted by Crippen LogP contribution is 2.31. The zero-order valence-electron chi connectivity index (χ0n) is 10.6. The third-order valence-electron chi connectivity index (χ3n) is 2.72. The zero-order chi connectivity index (χ0) is 14.1. The topological polar surface area (TPSA) is 35.0 Å². The predicted octanol–water partition coefficient (Wildman–Crippen LogP) is 4.63.